The lowest BCUT2D eigenvalue weighted by Crippen LogP contribution is -2.64. The number of carbonyl (C=O) groups is 7. The SMILES string of the molecule is [C-]#[N+]C[C@@H](O)[C@@H]1NC(=O)C([C@H](O)Cc2ccc(O)c(S(=O)OOO)c2)NC(=O)C2CC(O)CN2C(=O)C(C(C)O)NC(=O)[C@@H](NC(=O)c2ccc(-c3nnc(-c4ccc(N5CCC(c6ccccc6)CC5)cc4)s3)cc2)C[C@H](O)CNC(=O)C2[C@@H](O)C(C)CN2C1=O. The van der Waals surface area contributed by atoms with E-state index in [1.807, 2.05) is 18.2 Å². The number of aromatic hydroxyl groups is 1. The van der Waals surface area contributed by atoms with Gasteiger partial charge in [-0.15, -0.1) is 10.2 Å². The van der Waals surface area contributed by atoms with Gasteiger partial charge in [0.2, 0.25) is 53.1 Å². The zero-order chi connectivity index (χ0) is 66.1. The molecular formula is C61H71N11O18S2. The average Bonchev–Trinajstić information content (AvgIpc) is 1.62. The topological polar surface area (TPSA) is 417 Å². The van der Waals surface area contributed by atoms with Crippen molar-refractivity contribution < 1.29 is 88.1 Å². The molecule has 0 saturated carbocycles. The van der Waals surface area contributed by atoms with E-state index in [1.165, 1.54) is 42.0 Å². The second-order valence-electron chi connectivity index (χ2n) is 23.2. The number of aliphatic hydroxyl groups excluding tert-OH is 6. The lowest BCUT2D eigenvalue weighted by atomic mass is 9.89. The zero-order valence-corrected chi connectivity index (χ0v) is 51.4. The van der Waals surface area contributed by atoms with Crippen LogP contribution < -0.4 is 31.5 Å². The van der Waals surface area contributed by atoms with Crippen LogP contribution in [0.4, 0.5) is 5.69 Å². The quantitative estimate of drug-likeness (QED) is 0.0349. The van der Waals surface area contributed by atoms with Crippen molar-refractivity contribution >= 4 is 69.5 Å². The Morgan fingerprint density at radius 3 is 2.04 bits per heavy atom. The monoisotopic (exact) mass is 1310 g/mol. The number of aromatic nitrogens is 2. The minimum Gasteiger partial charge on any atom is -0.507 e. The van der Waals surface area contributed by atoms with E-state index in [2.05, 4.69) is 92.3 Å². The molecule has 4 aliphatic heterocycles. The predicted molar refractivity (Wildman–Crippen MR) is 327 cm³/mol. The maximum atomic E-state index is 14.6. The van der Waals surface area contributed by atoms with Crippen molar-refractivity contribution in [1.82, 2.24) is 46.6 Å². The first-order chi connectivity index (χ1) is 44.0. The molecule has 4 aromatic carbocycles. The largest absolute Gasteiger partial charge is 0.507 e. The van der Waals surface area contributed by atoms with Crippen molar-refractivity contribution in [3.8, 4) is 26.9 Å². The van der Waals surface area contributed by atoms with Crippen LogP contribution in [0.3, 0.4) is 0 Å². The van der Waals surface area contributed by atoms with Gasteiger partial charge >= 0.3 is 0 Å². The molecule has 4 aliphatic rings. The van der Waals surface area contributed by atoms with Gasteiger partial charge in [-0.1, -0.05) is 76.2 Å². The lowest BCUT2D eigenvalue weighted by Gasteiger charge is -2.34. The number of rotatable bonds is 15. The van der Waals surface area contributed by atoms with Gasteiger partial charge in [0.05, 0.1) is 30.5 Å². The fraction of sp³-hybridized carbons (Fsp3) is 0.443. The molecule has 0 aliphatic carbocycles. The van der Waals surface area contributed by atoms with Gasteiger partial charge in [0.1, 0.15) is 56.9 Å². The lowest BCUT2D eigenvalue weighted by molar-refractivity contribution is -0.435. The summed E-state index contributed by atoms with van der Waals surface area (Å²) in [6.45, 7) is 9.40. The number of anilines is 1. The van der Waals surface area contributed by atoms with Gasteiger partial charge < -0.3 is 81.9 Å². The predicted octanol–water partition coefficient (Wildman–Crippen LogP) is -0.727. The van der Waals surface area contributed by atoms with Crippen LogP contribution in [0.15, 0.2) is 102 Å². The summed E-state index contributed by atoms with van der Waals surface area (Å²) in [6, 6.07) is 16.4. The Balaban J connectivity index is 0.964. The molecule has 29 nitrogen and oxygen atoms in total. The first-order valence-electron chi connectivity index (χ1n) is 29.6. The third-order valence-corrected chi connectivity index (χ3v) is 18.7. The number of amides is 7. The highest BCUT2D eigenvalue weighted by molar-refractivity contribution is 7.80. The van der Waals surface area contributed by atoms with Gasteiger partial charge in [-0.2, -0.15) is 0 Å². The van der Waals surface area contributed by atoms with Crippen LogP contribution in [-0.2, 0) is 55.6 Å². The van der Waals surface area contributed by atoms with Gasteiger partial charge in [-0.25, -0.2) is 16.0 Å². The van der Waals surface area contributed by atoms with Crippen molar-refractivity contribution in [3.63, 3.8) is 0 Å². The summed E-state index contributed by atoms with van der Waals surface area (Å²) in [6.07, 6.45) is -10.5. The van der Waals surface area contributed by atoms with Gasteiger partial charge in [-0.05, 0) is 85.3 Å². The highest BCUT2D eigenvalue weighted by Gasteiger charge is 2.50. The third kappa shape index (κ3) is 15.9. The minimum absolute atomic E-state index is 0.0118. The zero-order valence-electron chi connectivity index (χ0n) is 49.8. The summed E-state index contributed by atoms with van der Waals surface area (Å²) in [5.74, 6) is -9.12. The van der Waals surface area contributed by atoms with E-state index in [-0.39, 0.29) is 17.7 Å². The van der Waals surface area contributed by atoms with E-state index in [1.54, 1.807) is 12.1 Å². The first-order valence-corrected chi connectivity index (χ1v) is 31.5. The standard InChI is InChI=1S/C61H71N11O18S2/c1-31-29-72-51(52(31)79)57(84)63-27-40(74)25-42(64-53(80)36-10-12-37(13-11-36)58-68-69-59(91-58)38-14-16-39(17-15-38)70-21-19-35(20-22-70)34-7-5-4-6-8-34)54(81)65-48(32(2)73)60(85)71-30-41(75)26-43(71)55(82)66-49(56(83)67-50(61(72)86)46(78)28-62-3)45(77)23-33-9-18-44(76)47(24-33)92(88)90-89-87/h4-18,24,31-32,35,40-43,45-46,48-52,73-79,87H,19-23,25-30H2,1-2H3,(H,63,84)(H,64,80)(H,65,81)(H,66,82)(H,67,83)/t31?,32?,40-,41?,42-,43?,45+,46+,48?,49?,50-,51?,52-,92?/m0/s1. The number of carbonyl (C=O) groups excluding carboxylic acids is 7. The molecule has 0 spiro atoms. The molecule has 0 bridgehead atoms. The fourth-order valence-electron chi connectivity index (χ4n) is 11.8. The molecule has 8 unspecified atom stereocenters. The third-order valence-electron chi connectivity index (χ3n) is 16.8. The molecule has 14 atom stereocenters. The summed E-state index contributed by atoms with van der Waals surface area (Å²) in [7, 11) is 0. The number of benzene rings is 4. The number of nitrogens with zero attached hydrogens (tertiary/aromatic N) is 6. The van der Waals surface area contributed by atoms with Crippen LogP contribution >= 0.6 is 11.3 Å². The number of phenolic OH excluding ortho intramolecular Hbond substituents is 1. The number of fused-ring (bicyclic) bond motifs is 2. The number of phenols is 1. The number of nitrogens with one attached hydrogen (secondary N) is 5. The molecular weight excluding hydrogens is 1240 g/mol. The number of hydrogen-bond donors (Lipinski definition) is 13. The highest BCUT2D eigenvalue weighted by Crippen LogP contribution is 2.35. The van der Waals surface area contributed by atoms with Crippen LogP contribution in [0.25, 0.3) is 26.0 Å². The summed E-state index contributed by atoms with van der Waals surface area (Å²) in [5.41, 5.74) is 3.91. The molecule has 5 heterocycles. The molecule has 490 valence electrons. The first kappa shape index (κ1) is 68.0. The van der Waals surface area contributed by atoms with Gasteiger partial charge in [0.25, 0.3) is 5.91 Å². The average molecular weight is 1310 g/mol. The molecule has 9 rings (SSSR count). The Morgan fingerprint density at radius 1 is 0.772 bits per heavy atom. The van der Waals surface area contributed by atoms with Crippen LogP contribution in [-0.4, -0.2) is 219 Å². The summed E-state index contributed by atoms with van der Waals surface area (Å²) < 4.78 is 16.7. The smallest absolute Gasteiger partial charge is 0.251 e. The summed E-state index contributed by atoms with van der Waals surface area (Å²) >= 11 is -1.34. The Kier molecular flexibility index (Phi) is 22.4. The number of hydrogen-bond acceptors (Lipinski definition) is 22. The van der Waals surface area contributed by atoms with Crippen LogP contribution in [0.2, 0.25) is 0 Å². The van der Waals surface area contributed by atoms with Gasteiger partial charge in [0, 0.05) is 80.3 Å². The molecule has 4 fully saturated rings. The van der Waals surface area contributed by atoms with E-state index < -0.39 is 181 Å². The maximum Gasteiger partial charge on any atom is 0.251 e. The molecule has 31 heteroatoms. The van der Waals surface area contributed by atoms with E-state index in [9.17, 15) is 73.5 Å². The van der Waals surface area contributed by atoms with Crippen molar-refractivity contribution in [1.29, 1.82) is 0 Å². The Hall–Kier alpha value is -8.39. The molecule has 92 heavy (non-hydrogen) atoms. The van der Waals surface area contributed by atoms with Gasteiger partial charge in [0.15, 0.2) is 6.10 Å². The molecule has 1 aromatic heterocycles. The molecule has 7 amide bonds. The normalized spacial score (nSPS) is 26.2. The summed E-state index contributed by atoms with van der Waals surface area (Å²) in [5, 5.41) is 113. The Morgan fingerprint density at radius 2 is 1.40 bits per heavy atom. The van der Waals surface area contributed by atoms with Crippen LogP contribution in [0.5, 0.6) is 5.75 Å². The van der Waals surface area contributed by atoms with E-state index in [0.717, 1.165) is 66.0 Å². The van der Waals surface area contributed by atoms with Crippen molar-refractivity contribution in [3.05, 3.63) is 125 Å². The van der Waals surface area contributed by atoms with Crippen molar-refractivity contribution in [2.45, 2.75) is 130 Å². The second kappa shape index (κ2) is 30.4. The number of β-amino-alcohol motifs (C(OH)–C–C–N with tert-alkyl or cyclic N) is 1. The molecule has 5 aromatic rings. The van der Waals surface area contributed by atoms with Crippen LogP contribution in [0.1, 0.15) is 66.9 Å². The fourth-order valence-corrected chi connectivity index (χ4v) is 13.3. The van der Waals surface area contributed by atoms with E-state index in [0.29, 0.717) is 21.5 Å². The van der Waals surface area contributed by atoms with Crippen molar-refractivity contribution in [2.24, 2.45) is 5.92 Å². The molecule has 4 saturated heterocycles. The minimum atomic E-state index is -2.67. The Bertz CT molecular complexity index is 3540. The van der Waals surface area contributed by atoms with Crippen molar-refractivity contribution in [2.75, 3.05) is 44.2 Å². The van der Waals surface area contributed by atoms with Gasteiger partial charge in [-0.3, -0.25) is 33.6 Å². The highest BCUT2D eigenvalue weighted by atomic mass is 32.2. The second-order valence-corrected chi connectivity index (χ2v) is 25.2. The van der Waals surface area contributed by atoms with Crippen LogP contribution in [0, 0.1) is 12.5 Å². The number of aliphatic hydroxyl groups is 6. The maximum absolute atomic E-state index is 14.6. The van der Waals surface area contributed by atoms with E-state index in [4.69, 9.17) is 11.8 Å². The van der Waals surface area contributed by atoms with E-state index >= 15 is 0 Å². The molecule has 13 N–H and O–H groups in total. The molecule has 0 radical (unpaired) electrons. The summed E-state index contributed by atoms with van der Waals surface area (Å²) in [4.78, 5) is 108. The Labute approximate surface area is 533 Å². The number of piperidine rings is 1.